The summed E-state index contributed by atoms with van der Waals surface area (Å²) < 4.78 is 0. The number of nitrogens with one attached hydrogen (secondary N) is 2. The molecule has 1 aromatic rings. The molecule has 0 radical (unpaired) electrons. The quantitative estimate of drug-likeness (QED) is 0.848. The monoisotopic (exact) mass is 300 g/mol. The van der Waals surface area contributed by atoms with E-state index in [-0.39, 0.29) is 11.8 Å². The molecular weight excluding hydrogens is 276 g/mol. The molecule has 2 fully saturated rings. The van der Waals surface area contributed by atoms with Crippen molar-refractivity contribution in [3.8, 4) is 0 Å². The lowest BCUT2D eigenvalue weighted by molar-refractivity contribution is -0.120. The minimum atomic E-state index is 0.0838. The van der Waals surface area contributed by atoms with Crippen LogP contribution in [0.3, 0.4) is 0 Å². The van der Waals surface area contributed by atoms with Crippen LogP contribution in [0.25, 0.3) is 0 Å². The summed E-state index contributed by atoms with van der Waals surface area (Å²) in [5, 5.41) is 5.93. The van der Waals surface area contributed by atoms with Crippen LogP contribution < -0.4 is 10.6 Å². The molecule has 4 heteroatoms. The van der Waals surface area contributed by atoms with Crippen molar-refractivity contribution in [2.75, 3.05) is 5.32 Å². The van der Waals surface area contributed by atoms with Gasteiger partial charge in [0.2, 0.25) is 11.8 Å². The first-order chi connectivity index (χ1) is 10.7. The number of hydrogen-bond acceptors (Lipinski definition) is 2. The standard InChI is InChI=1S/C18H24N2O2/c21-17(11-13-3-1-2-4-13)19-15-7-5-14(6-8-15)12-18(22)20-16-9-10-16/h5-8,13,16H,1-4,9-12H2,(H,19,21)(H,20,22). The molecule has 118 valence electrons. The fraction of sp³-hybridized carbons (Fsp3) is 0.556. The van der Waals surface area contributed by atoms with Gasteiger partial charge in [-0.2, -0.15) is 0 Å². The van der Waals surface area contributed by atoms with Crippen molar-refractivity contribution < 1.29 is 9.59 Å². The molecule has 0 heterocycles. The summed E-state index contributed by atoms with van der Waals surface area (Å²) in [4.78, 5) is 23.7. The zero-order valence-electron chi connectivity index (χ0n) is 12.9. The van der Waals surface area contributed by atoms with Crippen molar-refractivity contribution in [2.24, 2.45) is 5.92 Å². The van der Waals surface area contributed by atoms with E-state index < -0.39 is 0 Å². The summed E-state index contributed by atoms with van der Waals surface area (Å²) in [6, 6.07) is 8.00. The number of amides is 2. The predicted octanol–water partition coefficient (Wildman–Crippen LogP) is 3.03. The molecule has 0 bridgehead atoms. The van der Waals surface area contributed by atoms with Gasteiger partial charge in [0.15, 0.2) is 0 Å². The van der Waals surface area contributed by atoms with E-state index in [9.17, 15) is 9.59 Å². The number of carbonyl (C=O) groups excluding carboxylic acids is 2. The lowest BCUT2D eigenvalue weighted by Crippen LogP contribution is -2.26. The molecule has 3 rings (SSSR count). The molecule has 2 aliphatic rings. The van der Waals surface area contributed by atoms with Crippen molar-refractivity contribution in [1.29, 1.82) is 0 Å². The van der Waals surface area contributed by atoms with E-state index in [2.05, 4.69) is 10.6 Å². The number of anilines is 1. The molecule has 2 N–H and O–H groups in total. The molecule has 0 spiro atoms. The van der Waals surface area contributed by atoms with Crippen LogP contribution in [0.2, 0.25) is 0 Å². The van der Waals surface area contributed by atoms with E-state index in [1.165, 1.54) is 25.7 Å². The van der Waals surface area contributed by atoms with Gasteiger partial charge in [-0.1, -0.05) is 25.0 Å². The van der Waals surface area contributed by atoms with Crippen molar-refractivity contribution >= 4 is 17.5 Å². The highest BCUT2D eigenvalue weighted by atomic mass is 16.2. The first-order valence-electron chi connectivity index (χ1n) is 8.37. The Labute approximate surface area is 131 Å². The topological polar surface area (TPSA) is 58.2 Å². The van der Waals surface area contributed by atoms with Crippen LogP contribution in [0.1, 0.15) is 50.5 Å². The summed E-state index contributed by atoms with van der Waals surface area (Å²) in [5.74, 6) is 0.747. The molecule has 0 atom stereocenters. The molecule has 22 heavy (non-hydrogen) atoms. The SMILES string of the molecule is O=C(CC1CCCC1)Nc1ccc(CC(=O)NC2CC2)cc1. The maximum Gasteiger partial charge on any atom is 0.224 e. The Morgan fingerprint density at radius 3 is 2.27 bits per heavy atom. The molecule has 2 aliphatic carbocycles. The number of hydrogen-bond donors (Lipinski definition) is 2. The molecule has 0 unspecified atom stereocenters. The average molecular weight is 300 g/mol. The van der Waals surface area contributed by atoms with Gasteiger partial charge in [0, 0.05) is 18.2 Å². The zero-order chi connectivity index (χ0) is 15.4. The molecule has 1 aromatic carbocycles. The lowest BCUT2D eigenvalue weighted by Gasteiger charge is -2.10. The third kappa shape index (κ3) is 4.58. The van der Waals surface area contributed by atoms with Gasteiger partial charge in [-0.05, 0) is 49.3 Å². The van der Waals surface area contributed by atoms with E-state index in [0.29, 0.717) is 24.8 Å². The summed E-state index contributed by atoms with van der Waals surface area (Å²) >= 11 is 0. The zero-order valence-corrected chi connectivity index (χ0v) is 12.9. The van der Waals surface area contributed by atoms with Crippen molar-refractivity contribution in [3.05, 3.63) is 29.8 Å². The maximum absolute atomic E-state index is 12.0. The molecule has 0 aromatic heterocycles. The maximum atomic E-state index is 12.0. The van der Waals surface area contributed by atoms with E-state index in [1.54, 1.807) is 0 Å². The van der Waals surface area contributed by atoms with E-state index in [1.807, 2.05) is 24.3 Å². The van der Waals surface area contributed by atoms with Crippen LogP contribution in [-0.4, -0.2) is 17.9 Å². The van der Waals surface area contributed by atoms with E-state index in [0.717, 1.165) is 24.1 Å². The van der Waals surface area contributed by atoms with Gasteiger partial charge in [-0.3, -0.25) is 9.59 Å². The van der Waals surface area contributed by atoms with Gasteiger partial charge in [0.05, 0.1) is 6.42 Å². The lowest BCUT2D eigenvalue weighted by atomic mass is 10.0. The second-order valence-corrected chi connectivity index (χ2v) is 6.62. The van der Waals surface area contributed by atoms with Crippen molar-refractivity contribution in [2.45, 2.75) is 57.4 Å². The summed E-state index contributed by atoms with van der Waals surface area (Å²) in [5.41, 5.74) is 1.79. The Bertz CT molecular complexity index is 529. The van der Waals surface area contributed by atoms with Crippen LogP contribution in [0.15, 0.2) is 24.3 Å². The third-order valence-electron chi connectivity index (χ3n) is 4.49. The highest BCUT2D eigenvalue weighted by Gasteiger charge is 2.23. The fourth-order valence-electron chi connectivity index (χ4n) is 3.09. The van der Waals surface area contributed by atoms with Crippen molar-refractivity contribution in [3.63, 3.8) is 0 Å². The minimum Gasteiger partial charge on any atom is -0.353 e. The summed E-state index contributed by atoms with van der Waals surface area (Å²) in [7, 11) is 0. The Hall–Kier alpha value is -1.84. The van der Waals surface area contributed by atoms with Crippen LogP contribution in [-0.2, 0) is 16.0 Å². The van der Waals surface area contributed by atoms with E-state index in [4.69, 9.17) is 0 Å². The van der Waals surface area contributed by atoms with Crippen LogP contribution in [0, 0.1) is 5.92 Å². The van der Waals surface area contributed by atoms with E-state index >= 15 is 0 Å². The van der Waals surface area contributed by atoms with Crippen molar-refractivity contribution in [1.82, 2.24) is 5.32 Å². The van der Waals surface area contributed by atoms with Gasteiger partial charge in [0.1, 0.15) is 0 Å². The second-order valence-electron chi connectivity index (χ2n) is 6.62. The highest BCUT2D eigenvalue weighted by Crippen LogP contribution is 2.27. The summed E-state index contributed by atoms with van der Waals surface area (Å²) in [6.07, 6.45) is 8.14. The fourth-order valence-corrected chi connectivity index (χ4v) is 3.09. The first-order valence-corrected chi connectivity index (χ1v) is 8.37. The normalized spacial score (nSPS) is 18.2. The van der Waals surface area contributed by atoms with Gasteiger partial charge in [-0.15, -0.1) is 0 Å². The van der Waals surface area contributed by atoms with Gasteiger partial charge in [0.25, 0.3) is 0 Å². The molecular formula is C18H24N2O2. The molecule has 2 saturated carbocycles. The van der Waals surface area contributed by atoms with Crippen LogP contribution >= 0.6 is 0 Å². The van der Waals surface area contributed by atoms with Gasteiger partial charge >= 0.3 is 0 Å². The minimum absolute atomic E-state index is 0.0838. The Morgan fingerprint density at radius 2 is 1.64 bits per heavy atom. The molecule has 2 amide bonds. The highest BCUT2D eigenvalue weighted by molar-refractivity contribution is 5.91. The molecule has 0 saturated heterocycles. The summed E-state index contributed by atoms with van der Waals surface area (Å²) in [6.45, 7) is 0. The Morgan fingerprint density at radius 1 is 0.955 bits per heavy atom. The number of carbonyl (C=O) groups is 2. The van der Waals surface area contributed by atoms with Gasteiger partial charge < -0.3 is 10.6 Å². The van der Waals surface area contributed by atoms with Crippen LogP contribution in [0.4, 0.5) is 5.69 Å². The first kappa shape index (κ1) is 15.1. The largest absolute Gasteiger partial charge is 0.353 e. The Balaban J connectivity index is 1.45. The Kier molecular flexibility index (Phi) is 4.76. The predicted molar refractivity (Wildman–Crippen MR) is 86.5 cm³/mol. The molecule has 4 nitrogen and oxygen atoms in total. The average Bonchev–Trinajstić information content (AvgIpc) is 3.14. The number of benzene rings is 1. The second kappa shape index (κ2) is 6.95. The third-order valence-corrected chi connectivity index (χ3v) is 4.49. The van der Waals surface area contributed by atoms with Crippen LogP contribution in [0.5, 0.6) is 0 Å². The number of rotatable bonds is 6. The smallest absolute Gasteiger partial charge is 0.224 e. The van der Waals surface area contributed by atoms with Gasteiger partial charge in [-0.25, -0.2) is 0 Å². The molecule has 0 aliphatic heterocycles.